The number of aliphatic carboxylic acids is 1. The van der Waals surface area contributed by atoms with Crippen LogP contribution in [0.1, 0.15) is 23.2 Å². The van der Waals surface area contributed by atoms with Crippen LogP contribution in [-0.2, 0) is 4.79 Å². The van der Waals surface area contributed by atoms with E-state index >= 15 is 0 Å². The van der Waals surface area contributed by atoms with E-state index in [1.165, 1.54) is 11.0 Å². The topological polar surface area (TPSA) is 77.8 Å². The number of carboxylic acid groups (broad SMARTS) is 1. The van der Waals surface area contributed by atoms with Crippen LogP contribution in [0, 0.1) is 5.92 Å². The third-order valence-electron chi connectivity index (χ3n) is 3.25. The number of phenolic OH excluding ortho intramolecular Hbond substituents is 1. The summed E-state index contributed by atoms with van der Waals surface area (Å²) >= 11 is 3.15. The fraction of sp³-hybridized carbons (Fsp3) is 0.385. The van der Waals surface area contributed by atoms with Crippen LogP contribution in [0.4, 0.5) is 0 Å². The van der Waals surface area contributed by atoms with Crippen LogP contribution >= 0.6 is 15.9 Å². The molecule has 1 aromatic rings. The molecule has 0 aromatic heterocycles. The summed E-state index contributed by atoms with van der Waals surface area (Å²) < 4.78 is 0.520. The Kier molecular flexibility index (Phi) is 4.09. The molecule has 0 bridgehead atoms. The van der Waals surface area contributed by atoms with E-state index in [9.17, 15) is 14.7 Å². The molecule has 2 N–H and O–H groups in total. The number of hydrogen-bond donors (Lipinski definition) is 2. The Balaban J connectivity index is 2.14. The number of amides is 1. The van der Waals surface area contributed by atoms with Crippen LogP contribution < -0.4 is 0 Å². The third-order valence-corrected chi connectivity index (χ3v) is 3.92. The van der Waals surface area contributed by atoms with E-state index in [2.05, 4.69) is 15.9 Å². The first-order valence-corrected chi connectivity index (χ1v) is 6.79. The number of nitrogens with zero attached hydrogens (tertiary/aromatic N) is 1. The first-order valence-electron chi connectivity index (χ1n) is 5.99. The molecule has 1 saturated heterocycles. The van der Waals surface area contributed by atoms with Gasteiger partial charge in [0.15, 0.2) is 0 Å². The second kappa shape index (κ2) is 5.61. The van der Waals surface area contributed by atoms with Crippen molar-refractivity contribution in [3.63, 3.8) is 0 Å². The number of halogens is 1. The number of rotatable bonds is 2. The van der Waals surface area contributed by atoms with Gasteiger partial charge in [-0.1, -0.05) is 0 Å². The van der Waals surface area contributed by atoms with Gasteiger partial charge in [-0.25, -0.2) is 0 Å². The standard InChI is InChI=1S/C13H14BrNO4/c14-10-4-3-8(6-11(10)16)12(17)15-5-1-2-9(7-15)13(18)19/h3-4,6,9,16H,1-2,5,7H2,(H,18,19)/t9-/m0/s1. The predicted octanol–water partition coefficient (Wildman–Crippen LogP) is 2.09. The SMILES string of the molecule is O=C(O)[C@H]1CCCN(C(=O)c2ccc(Br)c(O)c2)C1. The molecule has 0 aliphatic carbocycles. The monoisotopic (exact) mass is 327 g/mol. The fourth-order valence-corrected chi connectivity index (χ4v) is 2.44. The van der Waals surface area contributed by atoms with Gasteiger partial charge in [-0.3, -0.25) is 9.59 Å². The molecule has 6 heteroatoms. The summed E-state index contributed by atoms with van der Waals surface area (Å²) in [5.74, 6) is -1.61. The molecule has 19 heavy (non-hydrogen) atoms. The molecule has 0 unspecified atom stereocenters. The van der Waals surface area contributed by atoms with Crippen LogP contribution in [0.25, 0.3) is 0 Å². The number of likely N-dealkylation sites (tertiary alicyclic amines) is 1. The van der Waals surface area contributed by atoms with Gasteiger partial charge in [0.25, 0.3) is 5.91 Å². The number of carboxylic acids is 1. The molecular formula is C13H14BrNO4. The van der Waals surface area contributed by atoms with Gasteiger partial charge < -0.3 is 15.1 Å². The Morgan fingerprint density at radius 3 is 2.74 bits per heavy atom. The molecule has 1 amide bonds. The lowest BCUT2D eigenvalue weighted by Gasteiger charge is -2.30. The van der Waals surface area contributed by atoms with Crippen molar-refractivity contribution >= 4 is 27.8 Å². The number of aromatic hydroxyl groups is 1. The minimum absolute atomic E-state index is 0.00218. The molecule has 1 aliphatic heterocycles. The molecule has 2 rings (SSSR count). The number of hydrogen-bond acceptors (Lipinski definition) is 3. The molecule has 1 fully saturated rings. The van der Waals surface area contributed by atoms with Gasteiger partial charge in [0.1, 0.15) is 5.75 Å². The molecule has 1 heterocycles. The lowest BCUT2D eigenvalue weighted by Crippen LogP contribution is -2.42. The van der Waals surface area contributed by atoms with E-state index < -0.39 is 11.9 Å². The molecule has 0 radical (unpaired) electrons. The van der Waals surface area contributed by atoms with Gasteiger partial charge >= 0.3 is 5.97 Å². The van der Waals surface area contributed by atoms with Gasteiger partial charge in [-0.15, -0.1) is 0 Å². The maximum absolute atomic E-state index is 12.2. The number of carbonyl (C=O) groups is 2. The first-order chi connectivity index (χ1) is 8.99. The van der Waals surface area contributed by atoms with Gasteiger partial charge in [-0.2, -0.15) is 0 Å². The van der Waals surface area contributed by atoms with Crippen molar-refractivity contribution in [3.8, 4) is 5.75 Å². The zero-order valence-corrected chi connectivity index (χ0v) is 11.8. The quantitative estimate of drug-likeness (QED) is 0.871. The number of piperidine rings is 1. The van der Waals surface area contributed by atoms with Crippen LogP contribution in [0.3, 0.4) is 0 Å². The third kappa shape index (κ3) is 3.07. The molecule has 5 nitrogen and oxygen atoms in total. The largest absolute Gasteiger partial charge is 0.507 e. The van der Waals surface area contributed by atoms with Crippen molar-refractivity contribution in [2.75, 3.05) is 13.1 Å². The highest BCUT2D eigenvalue weighted by Crippen LogP contribution is 2.26. The summed E-state index contributed by atoms with van der Waals surface area (Å²) in [7, 11) is 0. The second-order valence-electron chi connectivity index (χ2n) is 4.59. The summed E-state index contributed by atoms with van der Waals surface area (Å²) in [6.07, 6.45) is 1.29. The van der Waals surface area contributed by atoms with E-state index in [1.807, 2.05) is 0 Å². The molecule has 1 aliphatic rings. The van der Waals surface area contributed by atoms with Crippen LogP contribution in [0.2, 0.25) is 0 Å². The lowest BCUT2D eigenvalue weighted by molar-refractivity contribution is -0.143. The second-order valence-corrected chi connectivity index (χ2v) is 5.45. The van der Waals surface area contributed by atoms with Gasteiger partial charge in [-0.05, 0) is 47.0 Å². The molecule has 1 atom stereocenters. The van der Waals surface area contributed by atoms with E-state index in [4.69, 9.17) is 5.11 Å². The number of benzene rings is 1. The Morgan fingerprint density at radius 1 is 1.37 bits per heavy atom. The average molecular weight is 328 g/mol. The van der Waals surface area contributed by atoms with Crippen molar-refractivity contribution in [2.24, 2.45) is 5.92 Å². The Hall–Kier alpha value is -1.56. The zero-order valence-electron chi connectivity index (χ0n) is 10.2. The average Bonchev–Trinajstić information content (AvgIpc) is 2.41. The van der Waals surface area contributed by atoms with E-state index in [0.29, 0.717) is 29.4 Å². The van der Waals surface area contributed by atoms with Gasteiger partial charge in [0.05, 0.1) is 10.4 Å². The maximum atomic E-state index is 12.2. The minimum atomic E-state index is -0.865. The fourth-order valence-electron chi connectivity index (χ4n) is 2.19. The molecule has 1 aromatic carbocycles. The molecule has 102 valence electrons. The van der Waals surface area contributed by atoms with Crippen molar-refractivity contribution < 1.29 is 19.8 Å². The van der Waals surface area contributed by atoms with Crippen LogP contribution in [0.15, 0.2) is 22.7 Å². The van der Waals surface area contributed by atoms with Gasteiger partial charge in [0.2, 0.25) is 0 Å². The number of phenols is 1. The summed E-state index contributed by atoms with van der Waals surface area (Å²) in [6.45, 7) is 0.782. The summed E-state index contributed by atoms with van der Waals surface area (Å²) in [5.41, 5.74) is 0.367. The van der Waals surface area contributed by atoms with Crippen molar-refractivity contribution in [1.82, 2.24) is 4.90 Å². The summed E-state index contributed by atoms with van der Waals surface area (Å²) in [5, 5.41) is 18.6. The highest BCUT2D eigenvalue weighted by atomic mass is 79.9. The van der Waals surface area contributed by atoms with Crippen LogP contribution in [-0.4, -0.2) is 40.1 Å². The Morgan fingerprint density at radius 2 is 2.11 bits per heavy atom. The van der Waals surface area contributed by atoms with E-state index in [1.54, 1.807) is 12.1 Å². The smallest absolute Gasteiger partial charge is 0.308 e. The van der Waals surface area contributed by atoms with Crippen molar-refractivity contribution in [1.29, 1.82) is 0 Å². The minimum Gasteiger partial charge on any atom is -0.507 e. The van der Waals surface area contributed by atoms with Crippen molar-refractivity contribution in [3.05, 3.63) is 28.2 Å². The Labute approximate surface area is 119 Å². The number of carbonyl (C=O) groups excluding carboxylic acids is 1. The van der Waals surface area contributed by atoms with Gasteiger partial charge in [0, 0.05) is 18.7 Å². The molecule has 0 spiro atoms. The van der Waals surface area contributed by atoms with E-state index in [-0.39, 0.29) is 18.2 Å². The Bertz CT molecular complexity index is 517. The maximum Gasteiger partial charge on any atom is 0.308 e. The van der Waals surface area contributed by atoms with Crippen molar-refractivity contribution in [2.45, 2.75) is 12.8 Å². The van der Waals surface area contributed by atoms with Crippen LogP contribution in [0.5, 0.6) is 5.75 Å². The predicted molar refractivity (Wildman–Crippen MR) is 72.1 cm³/mol. The highest BCUT2D eigenvalue weighted by molar-refractivity contribution is 9.10. The summed E-state index contributed by atoms with van der Waals surface area (Å²) in [6, 6.07) is 4.59. The lowest BCUT2D eigenvalue weighted by atomic mass is 9.97. The first kappa shape index (κ1) is 13.9. The summed E-state index contributed by atoms with van der Waals surface area (Å²) in [4.78, 5) is 24.7. The normalized spacial score (nSPS) is 19.2. The molecule has 0 saturated carbocycles. The van der Waals surface area contributed by atoms with E-state index in [0.717, 1.165) is 0 Å². The highest BCUT2D eigenvalue weighted by Gasteiger charge is 2.28. The molecular weight excluding hydrogens is 314 g/mol. The zero-order chi connectivity index (χ0) is 14.0.